The fraction of sp³-hybridized carbons (Fsp3) is 0.774. The summed E-state index contributed by atoms with van der Waals surface area (Å²) in [6.45, 7) is 8.85. The summed E-state index contributed by atoms with van der Waals surface area (Å²) < 4.78 is 6.51. The SMILES string of the molecule is CCCCCCCCN(CCCCCCCC)C(CCCCCCC)Oc1ccccc1C(=O)O. The molecule has 0 aromatic heterocycles. The molecule has 1 unspecified atom stereocenters. The Morgan fingerprint density at radius 3 is 1.69 bits per heavy atom. The summed E-state index contributed by atoms with van der Waals surface area (Å²) in [6, 6.07) is 7.13. The first-order valence-electron chi connectivity index (χ1n) is 14.9. The molecule has 0 aliphatic carbocycles. The average molecular weight is 490 g/mol. The van der Waals surface area contributed by atoms with Crippen molar-refractivity contribution in [1.82, 2.24) is 4.90 Å². The number of rotatable bonds is 24. The second-order valence-electron chi connectivity index (χ2n) is 10.1. The van der Waals surface area contributed by atoms with Gasteiger partial charge in [0.1, 0.15) is 11.3 Å². The van der Waals surface area contributed by atoms with Crippen LogP contribution in [0.15, 0.2) is 24.3 Å². The maximum absolute atomic E-state index is 11.8. The Hall–Kier alpha value is -1.55. The van der Waals surface area contributed by atoms with Crippen LogP contribution in [0.25, 0.3) is 0 Å². The van der Waals surface area contributed by atoms with Crippen LogP contribution in [0.2, 0.25) is 0 Å². The van der Waals surface area contributed by atoms with Crippen molar-refractivity contribution in [2.45, 2.75) is 143 Å². The molecule has 4 nitrogen and oxygen atoms in total. The van der Waals surface area contributed by atoms with Crippen molar-refractivity contribution in [2.24, 2.45) is 0 Å². The number of hydrogen-bond donors (Lipinski definition) is 1. The lowest BCUT2D eigenvalue weighted by molar-refractivity contribution is 0.0130. The van der Waals surface area contributed by atoms with Gasteiger partial charge in [-0.3, -0.25) is 4.90 Å². The number of nitrogens with zero attached hydrogens (tertiary/aromatic N) is 1. The minimum Gasteiger partial charge on any atom is -0.478 e. The summed E-state index contributed by atoms with van der Waals surface area (Å²) >= 11 is 0. The van der Waals surface area contributed by atoms with Crippen molar-refractivity contribution in [1.29, 1.82) is 0 Å². The Morgan fingerprint density at radius 2 is 1.17 bits per heavy atom. The van der Waals surface area contributed by atoms with Gasteiger partial charge in [-0.05, 0) is 37.8 Å². The number of ether oxygens (including phenoxy) is 1. The van der Waals surface area contributed by atoms with E-state index in [2.05, 4.69) is 25.7 Å². The third-order valence-corrected chi connectivity index (χ3v) is 6.94. The molecule has 0 fully saturated rings. The number of hydrogen-bond acceptors (Lipinski definition) is 3. The molecule has 1 atom stereocenters. The lowest BCUT2D eigenvalue weighted by Crippen LogP contribution is -2.41. The molecule has 0 amide bonds. The molecule has 0 bridgehead atoms. The van der Waals surface area contributed by atoms with Gasteiger partial charge in [-0.15, -0.1) is 0 Å². The van der Waals surface area contributed by atoms with E-state index in [9.17, 15) is 9.90 Å². The van der Waals surface area contributed by atoms with E-state index in [1.54, 1.807) is 12.1 Å². The third kappa shape index (κ3) is 15.2. The van der Waals surface area contributed by atoms with Crippen molar-refractivity contribution in [3.8, 4) is 5.75 Å². The third-order valence-electron chi connectivity index (χ3n) is 6.94. The minimum absolute atomic E-state index is 0.0524. The molecule has 0 saturated heterocycles. The highest BCUT2D eigenvalue weighted by Crippen LogP contribution is 2.24. The van der Waals surface area contributed by atoms with Crippen molar-refractivity contribution < 1.29 is 14.6 Å². The molecule has 0 saturated carbocycles. The fourth-order valence-corrected chi connectivity index (χ4v) is 4.72. The van der Waals surface area contributed by atoms with E-state index in [0.29, 0.717) is 5.75 Å². The first kappa shape index (κ1) is 31.5. The number of carboxylic acid groups (broad SMARTS) is 1. The summed E-state index contributed by atoms with van der Waals surface area (Å²) in [5.41, 5.74) is 0.266. The van der Waals surface area contributed by atoms with Gasteiger partial charge in [-0.1, -0.05) is 123 Å². The molecule has 4 heteroatoms. The van der Waals surface area contributed by atoms with Crippen molar-refractivity contribution in [3.05, 3.63) is 29.8 Å². The fourth-order valence-electron chi connectivity index (χ4n) is 4.72. The molecule has 0 aliphatic rings. The maximum Gasteiger partial charge on any atom is 0.339 e. The van der Waals surface area contributed by atoms with Gasteiger partial charge in [0.15, 0.2) is 6.23 Å². The minimum atomic E-state index is -0.916. The Labute approximate surface area is 216 Å². The summed E-state index contributed by atoms with van der Waals surface area (Å²) in [5, 5.41) is 9.69. The Kier molecular flexibility index (Phi) is 19.5. The van der Waals surface area contributed by atoms with Crippen LogP contribution < -0.4 is 4.74 Å². The molecular formula is C31H55NO3. The monoisotopic (exact) mass is 489 g/mol. The largest absolute Gasteiger partial charge is 0.478 e. The number of carboxylic acids is 1. The van der Waals surface area contributed by atoms with Crippen molar-refractivity contribution in [2.75, 3.05) is 13.1 Å². The van der Waals surface area contributed by atoms with Gasteiger partial charge in [-0.2, -0.15) is 0 Å². The number of unbranched alkanes of at least 4 members (excludes halogenated alkanes) is 14. The van der Waals surface area contributed by atoms with Crippen LogP contribution in [0.3, 0.4) is 0 Å². The van der Waals surface area contributed by atoms with Crippen LogP contribution in [-0.2, 0) is 0 Å². The smallest absolute Gasteiger partial charge is 0.339 e. The lowest BCUT2D eigenvalue weighted by atomic mass is 10.1. The molecular weight excluding hydrogens is 434 g/mol. The zero-order valence-electron chi connectivity index (χ0n) is 23.2. The Bertz CT molecular complexity index is 617. The Balaban J connectivity index is 2.85. The highest BCUT2D eigenvalue weighted by atomic mass is 16.5. The zero-order valence-corrected chi connectivity index (χ0v) is 23.2. The second-order valence-corrected chi connectivity index (χ2v) is 10.1. The Morgan fingerprint density at radius 1 is 0.714 bits per heavy atom. The summed E-state index contributed by atoms with van der Waals surface area (Å²) in [7, 11) is 0. The highest BCUT2D eigenvalue weighted by molar-refractivity contribution is 5.90. The molecule has 202 valence electrons. The highest BCUT2D eigenvalue weighted by Gasteiger charge is 2.22. The van der Waals surface area contributed by atoms with Crippen LogP contribution >= 0.6 is 0 Å². The van der Waals surface area contributed by atoms with Gasteiger partial charge in [0.25, 0.3) is 0 Å². The van der Waals surface area contributed by atoms with E-state index < -0.39 is 5.97 Å². The second kappa shape index (κ2) is 21.7. The predicted octanol–water partition coefficient (Wildman–Crippen LogP) is 9.47. The van der Waals surface area contributed by atoms with E-state index in [4.69, 9.17) is 4.74 Å². The van der Waals surface area contributed by atoms with Gasteiger partial charge in [0.05, 0.1) is 0 Å². The molecule has 1 N–H and O–H groups in total. The average Bonchev–Trinajstić information content (AvgIpc) is 2.86. The van der Waals surface area contributed by atoms with Gasteiger partial charge in [0.2, 0.25) is 0 Å². The standard InChI is InChI=1S/C31H55NO3/c1-4-7-10-13-16-21-26-32(27-22-17-14-11-8-5-2)30(25-18-15-12-9-6-3)35-29-24-20-19-23-28(29)31(33)34/h19-20,23-24,30H,4-18,21-22,25-27H2,1-3H3,(H,33,34). The number of carbonyl (C=O) groups is 1. The van der Waals surface area contributed by atoms with Crippen LogP contribution in [0, 0.1) is 0 Å². The molecule has 1 aromatic carbocycles. The molecule has 1 rings (SSSR count). The van der Waals surface area contributed by atoms with Crippen LogP contribution in [0.5, 0.6) is 5.75 Å². The quantitative estimate of drug-likeness (QED) is 0.116. The number of benzene rings is 1. The molecule has 0 heterocycles. The summed E-state index contributed by atoms with van der Waals surface area (Å²) in [6.07, 6.45) is 22.5. The zero-order chi connectivity index (χ0) is 25.6. The van der Waals surface area contributed by atoms with Crippen LogP contribution in [0.1, 0.15) is 147 Å². The lowest BCUT2D eigenvalue weighted by Gasteiger charge is -2.33. The summed E-state index contributed by atoms with van der Waals surface area (Å²) in [4.78, 5) is 14.3. The van der Waals surface area contributed by atoms with Gasteiger partial charge in [-0.25, -0.2) is 4.79 Å². The van der Waals surface area contributed by atoms with Crippen LogP contribution in [0.4, 0.5) is 0 Å². The molecule has 35 heavy (non-hydrogen) atoms. The van der Waals surface area contributed by atoms with Gasteiger partial charge >= 0.3 is 5.97 Å². The predicted molar refractivity (Wildman–Crippen MR) is 150 cm³/mol. The van der Waals surface area contributed by atoms with E-state index in [0.717, 1.165) is 25.9 Å². The maximum atomic E-state index is 11.8. The molecule has 1 aromatic rings. The first-order chi connectivity index (χ1) is 17.1. The van der Waals surface area contributed by atoms with Crippen molar-refractivity contribution in [3.63, 3.8) is 0 Å². The van der Waals surface area contributed by atoms with E-state index in [1.807, 2.05) is 12.1 Å². The first-order valence-corrected chi connectivity index (χ1v) is 14.9. The topological polar surface area (TPSA) is 49.8 Å². The van der Waals surface area contributed by atoms with E-state index in [-0.39, 0.29) is 11.8 Å². The number of aromatic carboxylic acids is 1. The summed E-state index contributed by atoms with van der Waals surface area (Å²) in [5.74, 6) is -0.407. The number of para-hydroxylation sites is 1. The normalized spacial score (nSPS) is 12.2. The van der Waals surface area contributed by atoms with Crippen LogP contribution in [-0.4, -0.2) is 35.3 Å². The van der Waals surface area contributed by atoms with E-state index in [1.165, 1.54) is 103 Å². The molecule has 0 radical (unpaired) electrons. The van der Waals surface area contributed by atoms with Crippen molar-refractivity contribution >= 4 is 5.97 Å². The molecule has 0 aliphatic heterocycles. The van der Waals surface area contributed by atoms with Gasteiger partial charge in [0, 0.05) is 13.1 Å². The van der Waals surface area contributed by atoms with Gasteiger partial charge < -0.3 is 9.84 Å². The molecule has 0 spiro atoms. The van der Waals surface area contributed by atoms with E-state index >= 15 is 0 Å².